The van der Waals surface area contributed by atoms with Crippen LogP contribution in [0.5, 0.6) is 0 Å². The first-order chi connectivity index (χ1) is 10.7. The highest BCUT2D eigenvalue weighted by molar-refractivity contribution is 5.89. The average molecular weight is 311 g/mol. The lowest BCUT2D eigenvalue weighted by Gasteiger charge is -2.26. The van der Waals surface area contributed by atoms with Crippen molar-refractivity contribution in [2.45, 2.75) is 19.9 Å². The van der Waals surface area contributed by atoms with E-state index < -0.39 is 5.97 Å². The summed E-state index contributed by atoms with van der Waals surface area (Å²) in [5.74, 6) is -0.191. The number of hydrogen-bond acceptors (Lipinski definition) is 7. The second kappa shape index (κ2) is 8.44. The molecule has 0 radical (unpaired) electrons. The van der Waals surface area contributed by atoms with E-state index in [0.29, 0.717) is 38.6 Å². The third kappa shape index (κ3) is 5.41. The molecule has 0 saturated carbocycles. The van der Waals surface area contributed by atoms with Gasteiger partial charge in [0.15, 0.2) is 5.82 Å². The molecule has 0 bridgehead atoms. The number of rotatable bonds is 7. The normalized spacial score (nSPS) is 15.5. The SMILES string of the molecule is CCOC(=O)Cn1cc(NC(=O)CCN2CCOCC2)nn1. The van der Waals surface area contributed by atoms with E-state index >= 15 is 0 Å². The van der Waals surface area contributed by atoms with Gasteiger partial charge in [-0.25, -0.2) is 4.68 Å². The Morgan fingerprint density at radius 1 is 1.41 bits per heavy atom. The van der Waals surface area contributed by atoms with Crippen molar-refractivity contribution in [1.82, 2.24) is 19.9 Å². The van der Waals surface area contributed by atoms with Crippen molar-refractivity contribution in [3.8, 4) is 0 Å². The van der Waals surface area contributed by atoms with Gasteiger partial charge >= 0.3 is 5.97 Å². The van der Waals surface area contributed by atoms with E-state index in [1.807, 2.05) is 0 Å². The number of esters is 1. The lowest BCUT2D eigenvalue weighted by molar-refractivity contribution is -0.144. The smallest absolute Gasteiger partial charge is 0.327 e. The Balaban J connectivity index is 1.72. The summed E-state index contributed by atoms with van der Waals surface area (Å²) in [6.45, 7) is 5.84. The summed E-state index contributed by atoms with van der Waals surface area (Å²) in [7, 11) is 0. The summed E-state index contributed by atoms with van der Waals surface area (Å²) in [5, 5.41) is 10.2. The Morgan fingerprint density at radius 2 is 2.18 bits per heavy atom. The van der Waals surface area contributed by atoms with E-state index in [-0.39, 0.29) is 12.5 Å². The number of carbonyl (C=O) groups excluding carboxylic acids is 2. The zero-order valence-corrected chi connectivity index (χ0v) is 12.7. The zero-order valence-electron chi connectivity index (χ0n) is 12.7. The largest absolute Gasteiger partial charge is 0.465 e. The highest BCUT2D eigenvalue weighted by atomic mass is 16.5. The monoisotopic (exact) mass is 311 g/mol. The number of morpholine rings is 1. The molecule has 1 fully saturated rings. The van der Waals surface area contributed by atoms with Gasteiger partial charge in [0.25, 0.3) is 0 Å². The van der Waals surface area contributed by atoms with Gasteiger partial charge in [-0.05, 0) is 6.92 Å². The van der Waals surface area contributed by atoms with Crippen LogP contribution < -0.4 is 5.32 Å². The van der Waals surface area contributed by atoms with Crippen molar-refractivity contribution in [2.75, 3.05) is 44.8 Å². The minimum absolute atomic E-state index is 0.0233. The predicted molar refractivity (Wildman–Crippen MR) is 77.2 cm³/mol. The van der Waals surface area contributed by atoms with Crippen molar-refractivity contribution in [3.63, 3.8) is 0 Å². The van der Waals surface area contributed by atoms with Gasteiger partial charge in [-0.2, -0.15) is 0 Å². The molecule has 2 heterocycles. The van der Waals surface area contributed by atoms with Crippen molar-refractivity contribution in [2.24, 2.45) is 0 Å². The fourth-order valence-electron chi connectivity index (χ4n) is 2.06. The predicted octanol–water partition coefficient (Wildman–Crippen LogP) is -0.498. The van der Waals surface area contributed by atoms with E-state index in [2.05, 4.69) is 20.5 Å². The summed E-state index contributed by atoms with van der Waals surface area (Å²) >= 11 is 0. The summed E-state index contributed by atoms with van der Waals surface area (Å²) in [6.07, 6.45) is 1.88. The molecule has 0 atom stereocenters. The highest BCUT2D eigenvalue weighted by Crippen LogP contribution is 2.03. The number of ether oxygens (including phenoxy) is 2. The van der Waals surface area contributed by atoms with Crippen LogP contribution in [0, 0.1) is 0 Å². The van der Waals surface area contributed by atoms with Gasteiger partial charge in [0, 0.05) is 26.1 Å². The molecular formula is C13H21N5O4. The minimum Gasteiger partial charge on any atom is -0.465 e. The van der Waals surface area contributed by atoms with Crippen molar-refractivity contribution in [1.29, 1.82) is 0 Å². The van der Waals surface area contributed by atoms with Crippen LogP contribution in [-0.2, 0) is 25.6 Å². The third-order valence-electron chi connectivity index (χ3n) is 3.16. The minimum atomic E-state index is -0.391. The molecule has 1 amide bonds. The summed E-state index contributed by atoms with van der Waals surface area (Å²) in [6, 6.07) is 0. The molecule has 1 aliphatic rings. The van der Waals surface area contributed by atoms with Crippen LogP contribution in [0.1, 0.15) is 13.3 Å². The third-order valence-corrected chi connectivity index (χ3v) is 3.16. The van der Waals surface area contributed by atoms with E-state index in [0.717, 1.165) is 13.1 Å². The maximum Gasteiger partial charge on any atom is 0.327 e. The first-order valence-electron chi connectivity index (χ1n) is 7.33. The fraction of sp³-hybridized carbons (Fsp3) is 0.692. The first-order valence-corrected chi connectivity index (χ1v) is 7.33. The maximum absolute atomic E-state index is 11.9. The van der Waals surface area contributed by atoms with Gasteiger partial charge in [-0.15, -0.1) is 5.10 Å². The van der Waals surface area contributed by atoms with Gasteiger partial charge < -0.3 is 14.8 Å². The van der Waals surface area contributed by atoms with Gasteiger partial charge in [0.05, 0.1) is 26.0 Å². The molecule has 1 aromatic rings. The number of nitrogens with zero attached hydrogens (tertiary/aromatic N) is 4. The van der Waals surface area contributed by atoms with Gasteiger partial charge in [0.2, 0.25) is 5.91 Å². The van der Waals surface area contributed by atoms with E-state index in [9.17, 15) is 9.59 Å². The number of carbonyl (C=O) groups is 2. The average Bonchev–Trinajstić information content (AvgIpc) is 2.93. The van der Waals surface area contributed by atoms with E-state index in [4.69, 9.17) is 9.47 Å². The van der Waals surface area contributed by atoms with Gasteiger partial charge in [0.1, 0.15) is 6.54 Å². The molecule has 0 aliphatic carbocycles. The first kappa shape index (κ1) is 16.4. The number of hydrogen-bond donors (Lipinski definition) is 1. The molecule has 22 heavy (non-hydrogen) atoms. The molecule has 0 unspecified atom stereocenters. The summed E-state index contributed by atoms with van der Waals surface area (Å²) in [4.78, 5) is 25.3. The van der Waals surface area contributed by atoms with Crippen LogP contribution >= 0.6 is 0 Å². The summed E-state index contributed by atoms with van der Waals surface area (Å²) in [5.41, 5.74) is 0. The number of amides is 1. The van der Waals surface area contributed by atoms with Crippen LogP contribution in [0.15, 0.2) is 6.20 Å². The second-order valence-corrected chi connectivity index (χ2v) is 4.86. The van der Waals surface area contributed by atoms with Gasteiger partial charge in [-0.3, -0.25) is 14.5 Å². The Labute approximate surface area is 128 Å². The number of anilines is 1. The fourth-order valence-corrected chi connectivity index (χ4v) is 2.06. The standard InChI is InChI=1S/C13H21N5O4/c1-2-22-13(20)10-18-9-11(15-16-18)14-12(19)3-4-17-5-7-21-8-6-17/h9H,2-8,10H2,1H3,(H,14,19). The molecule has 9 heteroatoms. The lowest BCUT2D eigenvalue weighted by Crippen LogP contribution is -2.38. The van der Waals surface area contributed by atoms with E-state index in [1.165, 1.54) is 10.9 Å². The molecule has 1 aliphatic heterocycles. The van der Waals surface area contributed by atoms with Crippen LogP contribution in [0.3, 0.4) is 0 Å². The molecule has 1 aromatic heterocycles. The molecule has 2 rings (SSSR count). The second-order valence-electron chi connectivity index (χ2n) is 4.86. The molecule has 122 valence electrons. The van der Waals surface area contributed by atoms with Crippen molar-refractivity contribution < 1.29 is 19.1 Å². The van der Waals surface area contributed by atoms with Gasteiger partial charge in [-0.1, -0.05) is 5.21 Å². The Kier molecular flexibility index (Phi) is 6.28. The molecule has 1 N–H and O–H groups in total. The molecule has 1 saturated heterocycles. The molecular weight excluding hydrogens is 290 g/mol. The zero-order chi connectivity index (χ0) is 15.8. The van der Waals surface area contributed by atoms with E-state index in [1.54, 1.807) is 6.92 Å². The van der Waals surface area contributed by atoms with Crippen molar-refractivity contribution in [3.05, 3.63) is 6.20 Å². The maximum atomic E-state index is 11.9. The van der Waals surface area contributed by atoms with Crippen LogP contribution in [0.25, 0.3) is 0 Å². The van der Waals surface area contributed by atoms with Crippen molar-refractivity contribution >= 4 is 17.7 Å². The van der Waals surface area contributed by atoms with Crippen LogP contribution in [0.2, 0.25) is 0 Å². The summed E-state index contributed by atoms with van der Waals surface area (Å²) < 4.78 is 11.4. The quantitative estimate of drug-likeness (QED) is 0.678. The molecule has 0 aromatic carbocycles. The number of aromatic nitrogens is 3. The molecule has 9 nitrogen and oxygen atoms in total. The lowest BCUT2D eigenvalue weighted by atomic mass is 10.3. The Morgan fingerprint density at radius 3 is 2.91 bits per heavy atom. The molecule has 0 spiro atoms. The highest BCUT2D eigenvalue weighted by Gasteiger charge is 2.13. The Bertz CT molecular complexity index is 498. The van der Waals surface area contributed by atoms with Crippen LogP contribution in [-0.4, -0.2) is 71.2 Å². The Hall–Kier alpha value is -2.00. The number of nitrogens with one attached hydrogen (secondary N) is 1. The topological polar surface area (TPSA) is 98.6 Å². The van der Waals surface area contributed by atoms with Crippen LogP contribution in [0.4, 0.5) is 5.82 Å².